The Labute approximate surface area is 159 Å². The van der Waals surface area contributed by atoms with E-state index < -0.39 is 0 Å². The van der Waals surface area contributed by atoms with Crippen LogP contribution < -0.4 is 0 Å². The van der Waals surface area contributed by atoms with Crippen LogP contribution in [0, 0.1) is 0 Å². The van der Waals surface area contributed by atoms with Crippen LogP contribution in [0.4, 0.5) is 0 Å². The molecule has 2 heterocycles. The monoisotopic (exact) mass is 378 g/mol. The number of aromatic amines is 1. The lowest BCUT2D eigenvalue weighted by molar-refractivity contribution is 1.09. The third kappa shape index (κ3) is 2.46. The van der Waals surface area contributed by atoms with Gasteiger partial charge in [-0.25, -0.2) is 9.97 Å². The number of imidazole rings is 2. The number of halogens is 2. The molecule has 0 saturated heterocycles. The molecule has 0 aliphatic rings. The highest BCUT2D eigenvalue weighted by molar-refractivity contribution is 6.42. The Hall–Kier alpha value is -2.82. The van der Waals surface area contributed by atoms with E-state index in [4.69, 9.17) is 23.2 Å². The largest absolute Gasteiger partial charge is 0.338 e. The highest BCUT2D eigenvalue weighted by Gasteiger charge is 2.09. The summed E-state index contributed by atoms with van der Waals surface area (Å²) in [5.74, 6) is 0.850. The van der Waals surface area contributed by atoms with Crippen LogP contribution in [0.1, 0.15) is 0 Å². The molecular formula is C20H12Cl2N4. The van der Waals surface area contributed by atoms with E-state index in [0.717, 1.165) is 39.1 Å². The summed E-state index contributed by atoms with van der Waals surface area (Å²) in [6.07, 6.45) is 1.77. The zero-order valence-corrected chi connectivity index (χ0v) is 15.0. The van der Waals surface area contributed by atoms with Gasteiger partial charge in [-0.1, -0.05) is 35.3 Å². The van der Waals surface area contributed by atoms with E-state index in [2.05, 4.69) is 15.0 Å². The van der Waals surface area contributed by atoms with Gasteiger partial charge >= 0.3 is 0 Å². The quantitative estimate of drug-likeness (QED) is 0.417. The summed E-state index contributed by atoms with van der Waals surface area (Å²) >= 11 is 12.2. The van der Waals surface area contributed by atoms with Gasteiger partial charge in [-0.3, -0.25) is 4.57 Å². The number of fused-ring (bicyclic) bond motifs is 2. The normalized spacial score (nSPS) is 11.5. The number of H-pyrrole nitrogens is 1. The van der Waals surface area contributed by atoms with Gasteiger partial charge in [0.2, 0.25) is 0 Å². The van der Waals surface area contributed by atoms with Crippen molar-refractivity contribution in [1.82, 2.24) is 19.5 Å². The molecule has 0 atom stereocenters. The molecule has 3 aromatic carbocycles. The van der Waals surface area contributed by atoms with E-state index in [9.17, 15) is 0 Å². The van der Waals surface area contributed by atoms with Crippen molar-refractivity contribution in [2.75, 3.05) is 0 Å². The highest BCUT2D eigenvalue weighted by atomic mass is 35.5. The Bertz CT molecular complexity index is 1220. The zero-order valence-electron chi connectivity index (χ0n) is 13.4. The summed E-state index contributed by atoms with van der Waals surface area (Å²) < 4.78 is 1.99. The predicted octanol–water partition coefficient (Wildman–Crippen LogP) is 5.88. The summed E-state index contributed by atoms with van der Waals surface area (Å²) in [6.45, 7) is 0. The molecule has 0 fully saturated rings. The second kappa shape index (κ2) is 5.87. The Balaban J connectivity index is 1.57. The molecule has 0 bridgehead atoms. The average Bonchev–Trinajstić information content (AvgIpc) is 3.26. The van der Waals surface area contributed by atoms with E-state index in [-0.39, 0.29) is 0 Å². The van der Waals surface area contributed by atoms with Gasteiger partial charge in [-0.15, -0.1) is 0 Å². The molecule has 0 saturated carbocycles. The number of nitrogens with zero attached hydrogens (tertiary/aromatic N) is 3. The molecular weight excluding hydrogens is 367 g/mol. The topological polar surface area (TPSA) is 46.5 Å². The van der Waals surface area contributed by atoms with Crippen molar-refractivity contribution in [1.29, 1.82) is 0 Å². The second-order valence-electron chi connectivity index (χ2n) is 6.02. The van der Waals surface area contributed by atoms with Crippen molar-refractivity contribution < 1.29 is 0 Å². The van der Waals surface area contributed by atoms with Crippen molar-refractivity contribution >= 4 is 45.3 Å². The molecule has 0 aliphatic heterocycles. The summed E-state index contributed by atoms with van der Waals surface area (Å²) in [5, 5.41) is 1.02. The van der Waals surface area contributed by atoms with Crippen molar-refractivity contribution in [3.05, 3.63) is 77.0 Å². The molecule has 0 spiro atoms. The molecule has 0 aliphatic carbocycles. The maximum Gasteiger partial charge on any atom is 0.138 e. The van der Waals surface area contributed by atoms with Crippen LogP contribution in [0.3, 0.4) is 0 Å². The first-order valence-electron chi connectivity index (χ1n) is 8.07. The Kier molecular flexibility index (Phi) is 3.48. The van der Waals surface area contributed by atoms with Crippen LogP contribution in [-0.4, -0.2) is 19.5 Å². The van der Waals surface area contributed by atoms with Crippen LogP contribution in [0.25, 0.3) is 39.1 Å². The average molecular weight is 379 g/mol. The summed E-state index contributed by atoms with van der Waals surface area (Å²) in [7, 11) is 0. The number of aromatic nitrogens is 4. The second-order valence-corrected chi connectivity index (χ2v) is 6.83. The number of para-hydroxylation sites is 2. The Morgan fingerprint density at radius 2 is 1.62 bits per heavy atom. The van der Waals surface area contributed by atoms with Gasteiger partial charge in [0, 0.05) is 11.3 Å². The van der Waals surface area contributed by atoms with Gasteiger partial charge in [0.1, 0.15) is 12.2 Å². The molecule has 6 heteroatoms. The first kappa shape index (κ1) is 15.4. The first-order chi connectivity index (χ1) is 12.7. The third-order valence-electron chi connectivity index (χ3n) is 4.40. The van der Waals surface area contributed by atoms with E-state index in [0.29, 0.717) is 10.0 Å². The lowest BCUT2D eigenvalue weighted by Gasteiger charge is -2.06. The molecule has 0 radical (unpaired) electrons. The van der Waals surface area contributed by atoms with Gasteiger partial charge in [-0.05, 0) is 48.5 Å². The molecule has 26 heavy (non-hydrogen) atoms. The highest BCUT2D eigenvalue weighted by Crippen LogP contribution is 2.29. The van der Waals surface area contributed by atoms with Gasteiger partial charge in [0.25, 0.3) is 0 Å². The Morgan fingerprint density at radius 3 is 2.42 bits per heavy atom. The molecule has 4 nitrogen and oxygen atoms in total. The SMILES string of the molecule is Clc1cc2ncn(-c3ccc(-c4nc5ccccc5[nH]4)cc3)c2cc1Cl. The van der Waals surface area contributed by atoms with E-state index in [1.165, 1.54) is 0 Å². The first-order valence-corrected chi connectivity index (χ1v) is 8.82. The van der Waals surface area contributed by atoms with Crippen LogP contribution in [0.5, 0.6) is 0 Å². The van der Waals surface area contributed by atoms with Crippen molar-refractivity contribution in [2.45, 2.75) is 0 Å². The van der Waals surface area contributed by atoms with Crippen LogP contribution in [0.2, 0.25) is 10.0 Å². The smallest absolute Gasteiger partial charge is 0.138 e. The minimum Gasteiger partial charge on any atom is -0.338 e. The van der Waals surface area contributed by atoms with Gasteiger partial charge in [0.15, 0.2) is 0 Å². The van der Waals surface area contributed by atoms with Crippen LogP contribution in [0.15, 0.2) is 67.0 Å². The number of nitrogens with one attached hydrogen (secondary N) is 1. The number of hydrogen-bond donors (Lipinski definition) is 1. The third-order valence-corrected chi connectivity index (χ3v) is 5.12. The minimum absolute atomic E-state index is 0.504. The van der Waals surface area contributed by atoms with Crippen LogP contribution >= 0.6 is 23.2 Å². The van der Waals surface area contributed by atoms with Crippen molar-refractivity contribution in [3.63, 3.8) is 0 Å². The molecule has 5 aromatic rings. The number of rotatable bonds is 2. The van der Waals surface area contributed by atoms with Gasteiger partial charge < -0.3 is 4.98 Å². The lowest BCUT2D eigenvalue weighted by atomic mass is 10.2. The standard InChI is InChI=1S/C20H12Cl2N4/c21-14-9-18-19(10-15(14)22)26(11-23-18)13-7-5-12(6-8-13)20-24-16-3-1-2-4-17(16)25-20/h1-11H,(H,24,25). The zero-order chi connectivity index (χ0) is 17.7. The fraction of sp³-hybridized carbons (Fsp3) is 0. The molecule has 0 unspecified atom stereocenters. The molecule has 126 valence electrons. The lowest BCUT2D eigenvalue weighted by Crippen LogP contribution is -1.92. The summed E-state index contributed by atoms with van der Waals surface area (Å²) in [6, 6.07) is 19.7. The summed E-state index contributed by atoms with van der Waals surface area (Å²) in [5.41, 5.74) is 5.72. The van der Waals surface area contributed by atoms with Crippen molar-refractivity contribution in [2.24, 2.45) is 0 Å². The van der Waals surface area contributed by atoms with E-state index in [1.807, 2.05) is 59.2 Å². The number of hydrogen-bond acceptors (Lipinski definition) is 2. The fourth-order valence-electron chi connectivity index (χ4n) is 3.08. The minimum atomic E-state index is 0.504. The van der Waals surface area contributed by atoms with Gasteiger partial charge in [-0.2, -0.15) is 0 Å². The molecule has 2 aromatic heterocycles. The predicted molar refractivity (Wildman–Crippen MR) is 106 cm³/mol. The van der Waals surface area contributed by atoms with Crippen LogP contribution in [-0.2, 0) is 0 Å². The molecule has 5 rings (SSSR count). The Morgan fingerprint density at radius 1 is 0.846 bits per heavy atom. The van der Waals surface area contributed by atoms with E-state index >= 15 is 0 Å². The van der Waals surface area contributed by atoms with Gasteiger partial charge in [0.05, 0.1) is 32.1 Å². The molecule has 1 N–H and O–H groups in total. The van der Waals surface area contributed by atoms with E-state index in [1.54, 1.807) is 12.4 Å². The fourth-order valence-corrected chi connectivity index (χ4v) is 3.40. The number of benzene rings is 3. The van der Waals surface area contributed by atoms with Crippen molar-refractivity contribution in [3.8, 4) is 17.1 Å². The molecule has 0 amide bonds. The summed E-state index contributed by atoms with van der Waals surface area (Å²) in [4.78, 5) is 12.4. The maximum absolute atomic E-state index is 6.16. The maximum atomic E-state index is 6.16.